The minimum absolute atomic E-state index is 0.0339. The van der Waals surface area contributed by atoms with E-state index in [1.807, 2.05) is 63.2 Å². The van der Waals surface area contributed by atoms with E-state index in [0.29, 0.717) is 29.2 Å². The molecule has 224 valence electrons. The quantitative estimate of drug-likeness (QED) is 0.326. The fourth-order valence-electron chi connectivity index (χ4n) is 5.05. The first-order chi connectivity index (χ1) is 20.0. The van der Waals surface area contributed by atoms with Crippen molar-refractivity contribution in [2.24, 2.45) is 5.92 Å². The summed E-state index contributed by atoms with van der Waals surface area (Å²) in [4.78, 5) is 42.3. The van der Waals surface area contributed by atoms with Crippen LogP contribution in [-0.4, -0.2) is 77.8 Å². The van der Waals surface area contributed by atoms with Crippen molar-refractivity contribution in [3.63, 3.8) is 0 Å². The highest BCUT2D eigenvalue weighted by atomic mass is 16.5. The number of amides is 5. The number of benzene rings is 3. The molecule has 42 heavy (non-hydrogen) atoms. The van der Waals surface area contributed by atoms with Crippen molar-refractivity contribution in [1.29, 1.82) is 0 Å². The zero-order chi connectivity index (χ0) is 30.4. The van der Waals surface area contributed by atoms with Gasteiger partial charge in [-0.25, -0.2) is 9.59 Å². The van der Waals surface area contributed by atoms with E-state index >= 15 is 0 Å². The Bertz CT molecular complexity index is 1420. The minimum Gasteiger partial charge on any atom is -0.488 e. The fourth-order valence-corrected chi connectivity index (χ4v) is 5.05. The monoisotopic (exact) mass is 575 g/mol. The van der Waals surface area contributed by atoms with Crippen molar-refractivity contribution in [1.82, 2.24) is 15.1 Å². The van der Waals surface area contributed by atoms with Crippen LogP contribution in [0.15, 0.2) is 60.7 Å². The number of nitrogens with zero attached hydrogens (tertiary/aromatic N) is 2. The van der Waals surface area contributed by atoms with Crippen LogP contribution in [0.4, 0.5) is 21.0 Å². The molecule has 3 aromatic rings. The maximum Gasteiger partial charge on any atom is 0.321 e. The Labute approximate surface area is 247 Å². The molecular weight excluding hydrogens is 534 g/mol. The van der Waals surface area contributed by atoms with Gasteiger partial charge in [0.05, 0.1) is 31.3 Å². The van der Waals surface area contributed by atoms with Crippen molar-refractivity contribution in [2.45, 2.75) is 52.3 Å². The van der Waals surface area contributed by atoms with Crippen LogP contribution in [-0.2, 0) is 11.2 Å². The molecule has 0 bridgehead atoms. The summed E-state index contributed by atoms with van der Waals surface area (Å²) in [6.45, 7) is 7.94. The minimum atomic E-state index is -0.464. The van der Waals surface area contributed by atoms with Gasteiger partial charge in [0.15, 0.2) is 0 Å². The maximum atomic E-state index is 13.4. The Balaban J connectivity index is 1.58. The van der Waals surface area contributed by atoms with Gasteiger partial charge in [0.2, 0.25) is 5.91 Å². The van der Waals surface area contributed by atoms with Gasteiger partial charge in [0.25, 0.3) is 0 Å². The van der Waals surface area contributed by atoms with Crippen molar-refractivity contribution >= 4 is 40.1 Å². The lowest BCUT2D eigenvalue weighted by Gasteiger charge is -2.34. The standard InChI is InChI=1S/C32H41N5O5/c1-20(2)33-31(40)34-25-13-14-28-24(15-25)16-30(39)37(22(4)19-38)17-21(3)29(42-28)18-36(5)32(41)35-27-12-8-10-23-9-6-7-11-26(23)27/h6-15,20-22,29,38H,16-19H2,1-5H3,(H,35,41)(H2,33,34,40)/t21-,22-,29-/m1/s1. The predicted molar refractivity (Wildman–Crippen MR) is 165 cm³/mol. The van der Waals surface area contributed by atoms with Gasteiger partial charge in [-0.2, -0.15) is 0 Å². The van der Waals surface area contributed by atoms with Gasteiger partial charge in [-0.15, -0.1) is 0 Å². The van der Waals surface area contributed by atoms with E-state index in [1.54, 1.807) is 42.0 Å². The van der Waals surface area contributed by atoms with Crippen LogP contribution >= 0.6 is 0 Å². The highest BCUT2D eigenvalue weighted by Crippen LogP contribution is 2.29. The zero-order valence-corrected chi connectivity index (χ0v) is 24.9. The smallest absolute Gasteiger partial charge is 0.321 e. The molecule has 0 radical (unpaired) electrons. The van der Waals surface area contributed by atoms with Gasteiger partial charge in [0.1, 0.15) is 11.9 Å². The molecule has 0 saturated carbocycles. The van der Waals surface area contributed by atoms with E-state index in [0.717, 1.165) is 10.8 Å². The molecule has 0 spiro atoms. The van der Waals surface area contributed by atoms with Crippen molar-refractivity contribution in [2.75, 3.05) is 37.4 Å². The number of ether oxygens (including phenoxy) is 1. The third-order valence-corrected chi connectivity index (χ3v) is 7.43. The van der Waals surface area contributed by atoms with Gasteiger partial charge < -0.3 is 35.6 Å². The normalized spacial score (nSPS) is 17.8. The van der Waals surface area contributed by atoms with Gasteiger partial charge in [-0.3, -0.25) is 4.79 Å². The number of fused-ring (bicyclic) bond motifs is 2. The Morgan fingerprint density at radius 1 is 1.07 bits per heavy atom. The number of carbonyl (C=O) groups is 3. The molecule has 1 aliphatic heterocycles. The number of aliphatic hydroxyl groups is 1. The van der Waals surface area contributed by atoms with Gasteiger partial charge in [-0.05, 0) is 50.4 Å². The Morgan fingerprint density at radius 3 is 2.55 bits per heavy atom. The first kappa shape index (κ1) is 30.6. The van der Waals surface area contributed by atoms with E-state index in [9.17, 15) is 19.5 Å². The second-order valence-electron chi connectivity index (χ2n) is 11.3. The molecule has 0 unspecified atom stereocenters. The van der Waals surface area contributed by atoms with Crippen LogP contribution < -0.4 is 20.7 Å². The van der Waals surface area contributed by atoms with Gasteiger partial charge >= 0.3 is 12.1 Å². The van der Waals surface area contributed by atoms with Crippen LogP contribution in [0.1, 0.15) is 33.3 Å². The summed E-state index contributed by atoms with van der Waals surface area (Å²) in [5, 5.41) is 20.5. The molecule has 0 aliphatic carbocycles. The molecular formula is C32H41N5O5. The number of carbonyl (C=O) groups excluding carboxylic acids is 3. The summed E-state index contributed by atoms with van der Waals surface area (Å²) in [7, 11) is 1.71. The van der Waals surface area contributed by atoms with Crippen molar-refractivity contribution in [3.05, 3.63) is 66.2 Å². The molecule has 3 atom stereocenters. The van der Waals surface area contributed by atoms with E-state index in [2.05, 4.69) is 16.0 Å². The Hall–Kier alpha value is -4.31. The third kappa shape index (κ3) is 7.50. The molecule has 1 heterocycles. The largest absolute Gasteiger partial charge is 0.488 e. The third-order valence-electron chi connectivity index (χ3n) is 7.43. The fraction of sp³-hybridized carbons (Fsp3) is 0.406. The summed E-state index contributed by atoms with van der Waals surface area (Å²) in [6, 6.07) is 17.8. The van der Waals surface area contributed by atoms with Crippen LogP contribution in [0, 0.1) is 5.92 Å². The lowest BCUT2D eigenvalue weighted by Crippen LogP contribution is -2.48. The molecule has 10 nitrogen and oxygen atoms in total. The number of urea groups is 2. The van der Waals surface area contributed by atoms with E-state index < -0.39 is 12.1 Å². The zero-order valence-electron chi connectivity index (χ0n) is 24.9. The van der Waals surface area contributed by atoms with E-state index in [4.69, 9.17) is 4.74 Å². The number of nitrogens with one attached hydrogen (secondary N) is 3. The SMILES string of the molecule is CC(C)NC(=O)Nc1ccc2c(c1)CC(=O)N([C@H](C)CO)C[C@@H](C)[C@@H](CN(C)C(=O)Nc1cccc3ccccc13)O2. The summed E-state index contributed by atoms with van der Waals surface area (Å²) in [5.74, 6) is 0.187. The summed E-state index contributed by atoms with van der Waals surface area (Å²) >= 11 is 0. The summed E-state index contributed by atoms with van der Waals surface area (Å²) in [6.07, 6.45) is -0.424. The number of hydrogen-bond acceptors (Lipinski definition) is 5. The number of hydrogen-bond donors (Lipinski definition) is 4. The van der Waals surface area contributed by atoms with Gasteiger partial charge in [0, 0.05) is 42.2 Å². The van der Waals surface area contributed by atoms with E-state index in [1.165, 1.54) is 0 Å². The molecule has 0 aromatic heterocycles. The summed E-state index contributed by atoms with van der Waals surface area (Å²) in [5.41, 5.74) is 1.86. The molecule has 4 N–H and O–H groups in total. The first-order valence-electron chi connectivity index (χ1n) is 14.3. The van der Waals surface area contributed by atoms with Crippen LogP contribution in [0.2, 0.25) is 0 Å². The topological polar surface area (TPSA) is 123 Å². The van der Waals surface area contributed by atoms with Crippen LogP contribution in [0.3, 0.4) is 0 Å². The average Bonchev–Trinajstić information content (AvgIpc) is 2.99. The number of likely N-dealkylation sites (N-methyl/N-ethyl adjacent to an activating group) is 1. The number of anilines is 2. The maximum absolute atomic E-state index is 13.4. The molecule has 3 aromatic carbocycles. The lowest BCUT2D eigenvalue weighted by atomic mass is 10.0. The highest BCUT2D eigenvalue weighted by Gasteiger charge is 2.32. The number of rotatable bonds is 7. The van der Waals surface area contributed by atoms with Crippen LogP contribution in [0.5, 0.6) is 5.75 Å². The summed E-state index contributed by atoms with van der Waals surface area (Å²) < 4.78 is 6.51. The second-order valence-corrected chi connectivity index (χ2v) is 11.3. The van der Waals surface area contributed by atoms with Crippen molar-refractivity contribution < 1.29 is 24.2 Å². The highest BCUT2D eigenvalue weighted by molar-refractivity contribution is 6.01. The Morgan fingerprint density at radius 2 is 1.81 bits per heavy atom. The number of aliphatic hydroxyl groups excluding tert-OH is 1. The molecule has 4 rings (SSSR count). The van der Waals surface area contributed by atoms with Crippen LogP contribution in [0.25, 0.3) is 10.8 Å². The van der Waals surface area contributed by atoms with E-state index in [-0.39, 0.29) is 49.5 Å². The predicted octanol–water partition coefficient (Wildman–Crippen LogP) is 4.68. The average molecular weight is 576 g/mol. The second kappa shape index (κ2) is 13.6. The van der Waals surface area contributed by atoms with Crippen molar-refractivity contribution in [3.8, 4) is 5.75 Å². The van der Waals surface area contributed by atoms with Gasteiger partial charge in [-0.1, -0.05) is 43.3 Å². The lowest BCUT2D eigenvalue weighted by molar-refractivity contribution is -0.134. The molecule has 0 fully saturated rings. The first-order valence-corrected chi connectivity index (χ1v) is 14.3. The Kier molecular flexibility index (Phi) is 9.90. The molecule has 0 saturated heterocycles. The molecule has 10 heteroatoms. The molecule has 1 aliphatic rings. The molecule has 5 amide bonds.